The molecule has 6 heteroatoms. The lowest BCUT2D eigenvalue weighted by Gasteiger charge is -2.32. The van der Waals surface area contributed by atoms with Gasteiger partial charge in [-0.1, -0.05) is 42.5 Å². The number of fused-ring (bicyclic) bond motifs is 1. The van der Waals surface area contributed by atoms with Gasteiger partial charge >= 0.3 is 6.03 Å². The number of urea groups is 1. The fourth-order valence-electron chi connectivity index (χ4n) is 3.82. The highest BCUT2D eigenvalue weighted by molar-refractivity contribution is 5.86. The van der Waals surface area contributed by atoms with Gasteiger partial charge in [0.05, 0.1) is 0 Å². The monoisotopic (exact) mass is 390 g/mol. The second-order valence-electron chi connectivity index (χ2n) is 7.50. The molecule has 29 heavy (non-hydrogen) atoms. The molecule has 2 heterocycles. The van der Waals surface area contributed by atoms with E-state index in [9.17, 15) is 4.79 Å². The summed E-state index contributed by atoms with van der Waals surface area (Å²) in [6.07, 6.45) is 1.67. The lowest BCUT2D eigenvalue weighted by Crippen LogP contribution is -2.46. The number of ether oxygens (including phenoxy) is 1. The molecule has 1 N–H and O–H groups in total. The van der Waals surface area contributed by atoms with Crippen molar-refractivity contribution in [1.29, 1.82) is 0 Å². The van der Waals surface area contributed by atoms with Crippen LogP contribution in [0.3, 0.4) is 0 Å². The first kappa shape index (κ1) is 19.2. The van der Waals surface area contributed by atoms with Crippen molar-refractivity contribution in [2.24, 2.45) is 0 Å². The number of carbonyl (C=O) groups excluding carboxylic acids is 1. The Kier molecular flexibility index (Phi) is 5.60. The number of carbonyl (C=O) groups is 1. The van der Waals surface area contributed by atoms with Crippen LogP contribution in [-0.2, 0) is 6.54 Å². The van der Waals surface area contributed by atoms with E-state index in [0.717, 1.165) is 24.1 Å². The lowest BCUT2D eigenvalue weighted by atomic mass is 10.0. The van der Waals surface area contributed by atoms with Crippen LogP contribution in [0.1, 0.15) is 29.9 Å². The summed E-state index contributed by atoms with van der Waals surface area (Å²) in [4.78, 5) is 23.1. The van der Waals surface area contributed by atoms with Gasteiger partial charge in [0.25, 0.3) is 0 Å². The lowest BCUT2D eigenvalue weighted by molar-refractivity contribution is 0.107. The Balaban J connectivity index is 1.30. The van der Waals surface area contributed by atoms with Gasteiger partial charge in [0.15, 0.2) is 0 Å². The number of hydrogen-bond acceptors (Lipinski definition) is 4. The SMILES string of the molecule is Cc1cc(OC2CCN(C(=O)NCc3cccc4ccccc34)CC2)nc(C)n1. The first-order chi connectivity index (χ1) is 14.1. The van der Waals surface area contributed by atoms with Crippen molar-refractivity contribution < 1.29 is 9.53 Å². The van der Waals surface area contributed by atoms with E-state index in [1.165, 1.54) is 10.8 Å². The minimum Gasteiger partial charge on any atom is -0.474 e. The average molecular weight is 390 g/mol. The number of aromatic nitrogens is 2. The number of likely N-dealkylation sites (tertiary alicyclic amines) is 1. The van der Waals surface area contributed by atoms with Crippen molar-refractivity contribution in [2.45, 2.75) is 39.3 Å². The van der Waals surface area contributed by atoms with Crippen molar-refractivity contribution in [2.75, 3.05) is 13.1 Å². The van der Waals surface area contributed by atoms with Crippen molar-refractivity contribution in [3.8, 4) is 5.88 Å². The summed E-state index contributed by atoms with van der Waals surface area (Å²) in [6, 6.07) is 16.3. The van der Waals surface area contributed by atoms with Crippen LogP contribution >= 0.6 is 0 Å². The molecule has 0 aliphatic carbocycles. The molecule has 1 aliphatic heterocycles. The van der Waals surface area contributed by atoms with Crippen molar-refractivity contribution in [3.63, 3.8) is 0 Å². The maximum Gasteiger partial charge on any atom is 0.317 e. The fourth-order valence-corrected chi connectivity index (χ4v) is 3.82. The molecule has 0 bridgehead atoms. The third-order valence-electron chi connectivity index (χ3n) is 5.27. The van der Waals surface area contributed by atoms with E-state index >= 15 is 0 Å². The van der Waals surface area contributed by atoms with Crippen LogP contribution in [0, 0.1) is 13.8 Å². The normalized spacial score (nSPS) is 14.8. The van der Waals surface area contributed by atoms with Crippen LogP contribution in [0.5, 0.6) is 5.88 Å². The summed E-state index contributed by atoms with van der Waals surface area (Å²) in [5.41, 5.74) is 2.03. The molecule has 1 fully saturated rings. The number of rotatable bonds is 4. The summed E-state index contributed by atoms with van der Waals surface area (Å²) in [5, 5.41) is 5.43. The fraction of sp³-hybridized carbons (Fsp3) is 0.348. The van der Waals surface area contributed by atoms with E-state index in [0.29, 0.717) is 31.3 Å². The number of nitrogens with zero attached hydrogens (tertiary/aromatic N) is 3. The molecule has 0 spiro atoms. The molecule has 2 aromatic carbocycles. The molecule has 6 nitrogen and oxygen atoms in total. The van der Waals surface area contributed by atoms with E-state index in [2.05, 4.69) is 39.6 Å². The quantitative estimate of drug-likeness (QED) is 0.731. The molecule has 1 saturated heterocycles. The number of aryl methyl sites for hydroxylation is 2. The average Bonchev–Trinajstić information content (AvgIpc) is 2.72. The summed E-state index contributed by atoms with van der Waals surface area (Å²) in [7, 11) is 0. The van der Waals surface area contributed by atoms with Gasteiger partial charge in [-0.05, 0) is 30.2 Å². The van der Waals surface area contributed by atoms with Gasteiger partial charge in [0.2, 0.25) is 5.88 Å². The number of amides is 2. The van der Waals surface area contributed by atoms with Gasteiger partial charge in [-0.15, -0.1) is 0 Å². The molecule has 0 saturated carbocycles. The Morgan fingerprint density at radius 1 is 1.10 bits per heavy atom. The van der Waals surface area contributed by atoms with E-state index in [4.69, 9.17) is 4.74 Å². The van der Waals surface area contributed by atoms with Gasteiger partial charge in [-0.3, -0.25) is 0 Å². The molecular formula is C23H26N4O2. The van der Waals surface area contributed by atoms with Crippen molar-refractivity contribution >= 4 is 16.8 Å². The summed E-state index contributed by atoms with van der Waals surface area (Å²) in [6.45, 7) is 5.67. The number of hydrogen-bond donors (Lipinski definition) is 1. The molecule has 0 radical (unpaired) electrons. The molecular weight excluding hydrogens is 364 g/mol. The maximum absolute atomic E-state index is 12.6. The van der Waals surface area contributed by atoms with Crippen molar-refractivity contribution in [1.82, 2.24) is 20.2 Å². The standard InChI is InChI=1S/C23H26N4O2/c1-16-14-22(26-17(2)25-16)29-20-10-12-27(13-11-20)23(28)24-15-19-8-5-7-18-6-3-4-9-21(18)19/h3-9,14,20H,10-13,15H2,1-2H3,(H,24,28). The second-order valence-corrected chi connectivity index (χ2v) is 7.50. The second kappa shape index (κ2) is 8.47. The molecule has 0 atom stereocenters. The highest BCUT2D eigenvalue weighted by Crippen LogP contribution is 2.20. The topological polar surface area (TPSA) is 67.3 Å². The highest BCUT2D eigenvalue weighted by Gasteiger charge is 2.24. The Labute approximate surface area is 170 Å². The molecule has 2 amide bonds. The van der Waals surface area contributed by atoms with Crippen LogP contribution < -0.4 is 10.1 Å². The first-order valence-corrected chi connectivity index (χ1v) is 10.1. The highest BCUT2D eigenvalue weighted by atomic mass is 16.5. The summed E-state index contributed by atoms with van der Waals surface area (Å²) in [5.74, 6) is 1.33. The Bertz CT molecular complexity index is 987. The molecule has 3 aromatic rings. The van der Waals surface area contributed by atoms with E-state index in [1.54, 1.807) is 0 Å². The van der Waals surface area contributed by atoms with Crippen LogP contribution in [0.25, 0.3) is 10.8 Å². The molecule has 0 unspecified atom stereocenters. The van der Waals surface area contributed by atoms with E-state index in [1.807, 2.05) is 43.0 Å². The first-order valence-electron chi connectivity index (χ1n) is 10.1. The minimum absolute atomic E-state index is 0.0230. The number of benzene rings is 2. The molecule has 150 valence electrons. The van der Waals surface area contributed by atoms with Gasteiger partial charge in [0, 0.05) is 44.2 Å². The summed E-state index contributed by atoms with van der Waals surface area (Å²) >= 11 is 0. The zero-order valence-electron chi connectivity index (χ0n) is 16.9. The molecule has 1 aliphatic rings. The van der Waals surface area contributed by atoms with Gasteiger partial charge in [0.1, 0.15) is 11.9 Å². The number of piperidine rings is 1. The summed E-state index contributed by atoms with van der Waals surface area (Å²) < 4.78 is 6.01. The van der Waals surface area contributed by atoms with Crippen LogP contribution in [-0.4, -0.2) is 40.1 Å². The predicted molar refractivity (Wildman–Crippen MR) is 113 cm³/mol. The minimum atomic E-state index is -0.0230. The third kappa shape index (κ3) is 4.65. The van der Waals surface area contributed by atoms with Crippen LogP contribution in [0.15, 0.2) is 48.5 Å². The van der Waals surface area contributed by atoms with Crippen LogP contribution in [0.2, 0.25) is 0 Å². The predicted octanol–water partition coefficient (Wildman–Crippen LogP) is 4.00. The van der Waals surface area contributed by atoms with Crippen LogP contribution in [0.4, 0.5) is 4.79 Å². The van der Waals surface area contributed by atoms with E-state index < -0.39 is 0 Å². The molecule has 1 aromatic heterocycles. The Hall–Kier alpha value is -3.15. The Morgan fingerprint density at radius 3 is 2.66 bits per heavy atom. The third-order valence-corrected chi connectivity index (χ3v) is 5.27. The van der Waals surface area contributed by atoms with Gasteiger partial charge < -0.3 is 15.0 Å². The smallest absolute Gasteiger partial charge is 0.317 e. The van der Waals surface area contributed by atoms with Gasteiger partial charge in [-0.2, -0.15) is 4.98 Å². The van der Waals surface area contributed by atoms with Crippen molar-refractivity contribution in [3.05, 3.63) is 65.6 Å². The zero-order valence-corrected chi connectivity index (χ0v) is 16.9. The maximum atomic E-state index is 12.6. The number of nitrogens with one attached hydrogen (secondary N) is 1. The zero-order chi connectivity index (χ0) is 20.2. The molecule has 4 rings (SSSR count). The Morgan fingerprint density at radius 2 is 1.86 bits per heavy atom. The van der Waals surface area contributed by atoms with E-state index in [-0.39, 0.29) is 12.1 Å². The largest absolute Gasteiger partial charge is 0.474 e. The van der Waals surface area contributed by atoms with Gasteiger partial charge in [-0.25, -0.2) is 9.78 Å².